The summed E-state index contributed by atoms with van der Waals surface area (Å²) >= 11 is 0. The molecule has 4 rings (SSSR count). The molecule has 0 aliphatic heterocycles. The number of carbonyl (C=O) groups is 7. The van der Waals surface area contributed by atoms with E-state index in [2.05, 4.69) is 28.2 Å². The number of hydrogen-bond donors (Lipinski definition) is 4. The van der Waals surface area contributed by atoms with Crippen molar-refractivity contribution < 1.29 is 52.5 Å². The predicted molar refractivity (Wildman–Crippen MR) is 281 cm³/mol. The average Bonchev–Trinajstić information content (AvgIpc) is 3.67. The molecule has 0 aromatic heterocycles. The van der Waals surface area contributed by atoms with Crippen LogP contribution in [0, 0.1) is 11.8 Å². The van der Waals surface area contributed by atoms with E-state index in [1.807, 2.05) is 85.8 Å². The third kappa shape index (κ3) is 19.9. The Labute approximate surface area is 433 Å². The number of benzene rings is 3. The number of unbranched alkanes of at least 4 members (excludes halogenated alkanes) is 8. The fourth-order valence-corrected chi connectivity index (χ4v) is 8.76. The molecule has 3 aromatic rings. The highest BCUT2D eigenvalue weighted by molar-refractivity contribution is 5.96. The number of nitrogens with one attached hydrogen (secondary N) is 4. The number of rotatable bonds is 30. The second-order valence-corrected chi connectivity index (χ2v) is 20.7. The zero-order valence-corrected chi connectivity index (χ0v) is 44.7. The molecule has 0 heterocycles. The van der Waals surface area contributed by atoms with Crippen LogP contribution >= 0.6 is 0 Å². The first-order valence-corrected chi connectivity index (χ1v) is 26.5. The van der Waals surface area contributed by atoms with Crippen LogP contribution in [0.5, 0.6) is 0 Å². The highest BCUT2D eigenvalue weighted by Gasteiger charge is 2.36. The summed E-state index contributed by atoms with van der Waals surface area (Å²) in [7, 11) is 0. The molecule has 73 heavy (non-hydrogen) atoms. The summed E-state index contributed by atoms with van der Waals surface area (Å²) in [6.07, 6.45) is 8.32. The summed E-state index contributed by atoms with van der Waals surface area (Å²) in [5, 5.41) is 10.6. The van der Waals surface area contributed by atoms with Crippen molar-refractivity contribution in [3.05, 3.63) is 95.6 Å². The van der Waals surface area contributed by atoms with E-state index in [-0.39, 0.29) is 25.6 Å². The quantitative estimate of drug-likeness (QED) is 0.0281. The molecule has 0 saturated carbocycles. The Morgan fingerprint density at radius 2 is 1.16 bits per heavy atom. The molecule has 1 aliphatic rings. The first-order valence-electron chi connectivity index (χ1n) is 26.5. The monoisotopic (exact) mass is 1010 g/mol. The van der Waals surface area contributed by atoms with Gasteiger partial charge in [-0.2, -0.15) is 0 Å². The Kier molecular flexibility index (Phi) is 24.4. The molecule has 4 N–H and O–H groups in total. The zero-order valence-electron chi connectivity index (χ0n) is 44.7. The molecule has 1 unspecified atom stereocenters. The van der Waals surface area contributed by atoms with Crippen molar-refractivity contribution in [3.8, 4) is 11.1 Å². The van der Waals surface area contributed by atoms with Gasteiger partial charge in [-0.1, -0.05) is 171 Å². The van der Waals surface area contributed by atoms with E-state index in [1.54, 1.807) is 41.5 Å². The van der Waals surface area contributed by atoms with Crippen molar-refractivity contribution in [1.29, 1.82) is 0 Å². The van der Waals surface area contributed by atoms with Gasteiger partial charge in [0.15, 0.2) is 0 Å². The lowest BCUT2D eigenvalue weighted by Gasteiger charge is -2.28. The normalized spacial score (nSPS) is 14.5. The predicted octanol–water partition coefficient (Wildman–Crippen LogP) is 9.77. The Morgan fingerprint density at radius 1 is 0.589 bits per heavy atom. The summed E-state index contributed by atoms with van der Waals surface area (Å²) in [6, 6.07) is 20.0. The van der Waals surface area contributed by atoms with Gasteiger partial charge in [-0.05, 0) is 80.2 Å². The molecule has 1 aliphatic carbocycles. The number of fused-ring (bicyclic) bond motifs is 3. The summed E-state index contributed by atoms with van der Waals surface area (Å²) in [4.78, 5) is 95.5. The Hall–Kier alpha value is -6.25. The molecule has 3 aromatic carbocycles. The minimum absolute atomic E-state index is 0.00923. The van der Waals surface area contributed by atoms with Gasteiger partial charge in [-0.25, -0.2) is 9.59 Å². The van der Waals surface area contributed by atoms with Gasteiger partial charge in [0.1, 0.15) is 49.1 Å². The fourth-order valence-electron chi connectivity index (χ4n) is 8.76. The lowest BCUT2D eigenvalue weighted by Crippen LogP contribution is -2.59. The maximum Gasteiger partial charge on any atom is 0.407 e. The van der Waals surface area contributed by atoms with E-state index in [0.717, 1.165) is 53.5 Å². The molecular weight excluding hydrogens is 929 g/mol. The zero-order chi connectivity index (χ0) is 53.5. The largest absolute Gasteiger partial charge is 0.461 e. The third-order valence-electron chi connectivity index (χ3n) is 13.1. The van der Waals surface area contributed by atoms with Crippen LogP contribution in [0.1, 0.15) is 168 Å². The third-order valence-corrected chi connectivity index (χ3v) is 13.1. The highest BCUT2D eigenvalue weighted by Crippen LogP contribution is 2.44. The molecule has 15 nitrogen and oxygen atoms in total. The molecule has 4 amide bonds. The van der Waals surface area contributed by atoms with Crippen molar-refractivity contribution in [1.82, 2.24) is 21.3 Å². The molecule has 6 atom stereocenters. The summed E-state index contributed by atoms with van der Waals surface area (Å²) in [6.45, 7) is 15.7. The van der Waals surface area contributed by atoms with E-state index < -0.39 is 95.9 Å². The van der Waals surface area contributed by atoms with Gasteiger partial charge >= 0.3 is 24.0 Å². The minimum atomic E-state index is -1.54. The number of amides is 4. The summed E-state index contributed by atoms with van der Waals surface area (Å²) in [5.74, 6) is -5.54. The van der Waals surface area contributed by atoms with E-state index in [4.69, 9.17) is 18.9 Å². The average molecular weight is 1010 g/mol. The van der Waals surface area contributed by atoms with Crippen molar-refractivity contribution in [2.45, 2.75) is 194 Å². The lowest BCUT2D eigenvalue weighted by molar-refractivity contribution is -0.160. The van der Waals surface area contributed by atoms with Crippen molar-refractivity contribution >= 4 is 41.7 Å². The first kappa shape index (κ1) is 59.3. The highest BCUT2D eigenvalue weighted by atomic mass is 16.6. The second-order valence-electron chi connectivity index (χ2n) is 20.7. The Bertz CT molecular complexity index is 2220. The van der Waals surface area contributed by atoms with Crippen molar-refractivity contribution in [2.24, 2.45) is 11.8 Å². The number of ether oxygens (including phenoxy) is 4. The molecule has 400 valence electrons. The standard InChI is InChI=1S/C58H82N4O11/c1-10-12-13-14-15-16-17-18-22-29-42(34-49(63)70-36-41-27-20-19-21-28-41)72-56(68)52(39(5)11-2)61-53(65)40(6)59-54(66)48(35-50(64)73-58(7,8)9)60-55(67)51(38(3)4)62-57(69)71-37-47-45-32-25-23-30-43(45)44-31-24-26-33-46(44)47/h19-21,23-28,30-33,38-40,42,47-48,51-52H,10-18,22,29,34-37H2,1-9H3,(H,59,66)(H,60,67)(H,61,65)(H,62,69)/t39-,40+,42?,48-,51-,52-/m0/s1. The second kappa shape index (κ2) is 30.1. The van der Waals surface area contributed by atoms with Gasteiger partial charge in [0.25, 0.3) is 0 Å². The van der Waals surface area contributed by atoms with Crippen LogP contribution in [0.3, 0.4) is 0 Å². The van der Waals surface area contributed by atoms with E-state index >= 15 is 0 Å². The molecular formula is C58H82N4O11. The fraction of sp³-hybridized carbons (Fsp3) is 0.569. The van der Waals surface area contributed by atoms with Crippen LogP contribution in [-0.2, 0) is 54.3 Å². The van der Waals surface area contributed by atoms with Crippen LogP contribution in [0.15, 0.2) is 78.9 Å². The molecule has 0 spiro atoms. The molecule has 0 saturated heterocycles. The Balaban J connectivity index is 1.41. The maximum atomic E-state index is 14.0. The van der Waals surface area contributed by atoms with Crippen LogP contribution in [-0.4, -0.2) is 84.2 Å². The number of esters is 3. The first-order chi connectivity index (χ1) is 34.8. The van der Waals surface area contributed by atoms with Crippen LogP contribution in [0.2, 0.25) is 0 Å². The number of carbonyl (C=O) groups excluding carboxylic acids is 7. The van der Waals surface area contributed by atoms with Gasteiger partial charge in [-0.3, -0.25) is 24.0 Å². The molecule has 15 heteroatoms. The van der Waals surface area contributed by atoms with Crippen molar-refractivity contribution in [2.75, 3.05) is 6.61 Å². The lowest BCUT2D eigenvalue weighted by atomic mass is 9.98. The van der Waals surface area contributed by atoms with Crippen LogP contribution in [0.25, 0.3) is 11.1 Å². The number of alkyl carbamates (subject to hydrolysis) is 1. The van der Waals surface area contributed by atoms with E-state index in [1.165, 1.54) is 39.0 Å². The maximum absolute atomic E-state index is 14.0. The number of hydrogen-bond acceptors (Lipinski definition) is 11. The topological polar surface area (TPSA) is 205 Å². The Morgan fingerprint density at radius 3 is 1.74 bits per heavy atom. The smallest absolute Gasteiger partial charge is 0.407 e. The SMILES string of the molecule is CCCCCCCCCCCC(CC(=O)OCc1ccccc1)OC(=O)[C@@H](NC(=O)[C@@H](C)NC(=O)[C@H](CC(=O)OC(C)(C)C)NC(=O)[C@@H](NC(=O)OCC1c2ccccc2-c2ccccc21)C(C)C)[C@@H](C)CC. The van der Waals surface area contributed by atoms with E-state index in [9.17, 15) is 33.6 Å². The summed E-state index contributed by atoms with van der Waals surface area (Å²) in [5.41, 5.74) is 4.06. The van der Waals surface area contributed by atoms with Gasteiger partial charge in [-0.15, -0.1) is 0 Å². The minimum Gasteiger partial charge on any atom is -0.461 e. The van der Waals surface area contributed by atoms with Crippen LogP contribution in [0.4, 0.5) is 4.79 Å². The van der Waals surface area contributed by atoms with E-state index in [0.29, 0.717) is 12.8 Å². The van der Waals surface area contributed by atoms with Gasteiger partial charge in [0.05, 0.1) is 12.8 Å². The molecule has 0 fully saturated rings. The molecule has 0 radical (unpaired) electrons. The molecule has 0 bridgehead atoms. The van der Waals surface area contributed by atoms with Crippen molar-refractivity contribution in [3.63, 3.8) is 0 Å². The van der Waals surface area contributed by atoms with Crippen LogP contribution < -0.4 is 21.3 Å². The summed E-state index contributed by atoms with van der Waals surface area (Å²) < 4.78 is 22.8. The van der Waals surface area contributed by atoms with Gasteiger partial charge in [0.2, 0.25) is 17.7 Å². The van der Waals surface area contributed by atoms with Gasteiger partial charge < -0.3 is 40.2 Å². The van der Waals surface area contributed by atoms with Gasteiger partial charge in [0, 0.05) is 5.92 Å².